The Morgan fingerprint density at radius 3 is 2.73 bits per heavy atom. The molecule has 0 saturated carbocycles. The maximum atomic E-state index is 6.36. The fourth-order valence-corrected chi connectivity index (χ4v) is 4.04. The molecule has 1 aliphatic rings. The molecule has 1 unspecified atom stereocenters. The second kappa shape index (κ2) is 7.25. The number of rotatable bonds is 6. The van der Waals surface area contributed by atoms with E-state index in [1.54, 1.807) is 0 Å². The number of aromatic nitrogens is 1. The van der Waals surface area contributed by atoms with Crippen LogP contribution in [0.2, 0.25) is 0 Å². The van der Waals surface area contributed by atoms with E-state index in [0.717, 1.165) is 37.2 Å². The second-order valence-electron chi connectivity index (χ2n) is 5.91. The number of aryl methyl sites for hydroxylation is 2. The summed E-state index contributed by atoms with van der Waals surface area (Å²) in [6.45, 7) is 2.87. The SMILES string of the molecule is CCCOc1ccc(C(N)Cc2nc3c(s2)CCCC3)cc1. The van der Waals surface area contributed by atoms with Crippen molar-refractivity contribution in [2.45, 2.75) is 51.5 Å². The summed E-state index contributed by atoms with van der Waals surface area (Å²) >= 11 is 1.86. The summed E-state index contributed by atoms with van der Waals surface area (Å²) in [6.07, 6.45) is 6.78. The Labute approximate surface area is 136 Å². The van der Waals surface area contributed by atoms with Crippen molar-refractivity contribution in [3.63, 3.8) is 0 Å². The Balaban J connectivity index is 1.63. The molecule has 0 fully saturated rings. The quantitative estimate of drug-likeness (QED) is 0.874. The van der Waals surface area contributed by atoms with Crippen molar-refractivity contribution in [2.75, 3.05) is 6.61 Å². The fraction of sp³-hybridized carbons (Fsp3) is 0.500. The van der Waals surface area contributed by atoms with E-state index in [1.807, 2.05) is 23.5 Å². The smallest absolute Gasteiger partial charge is 0.119 e. The fourth-order valence-electron chi connectivity index (χ4n) is 2.83. The van der Waals surface area contributed by atoms with Crippen molar-refractivity contribution in [3.05, 3.63) is 45.4 Å². The first-order chi connectivity index (χ1) is 10.8. The Morgan fingerprint density at radius 1 is 1.23 bits per heavy atom. The molecule has 0 bridgehead atoms. The van der Waals surface area contributed by atoms with Gasteiger partial charge in [-0.15, -0.1) is 11.3 Å². The van der Waals surface area contributed by atoms with Crippen LogP contribution in [0.25, 0.3) is 0 Å². The van der Waals surface area contributed by atoms with E-state index < -0.39 is 0 Å². The number of hydrogen-bond acceptors (Lipinski definition) is 4. The summed E-state index contributed by atoms with van der Waals surface area (Å²) in [5, 5.41) is 1.19. The van der Waals surface area contributed by atoms with Crippen molar-refractivity contribution in [2.24, 2.45) is 5.73 Å². The Morgan fingerprint density at radius 2 is 2.00 bits per heavy atom. The number of ether oxygens (including phenoxy) is 1. The van der Waals surface area contributed by atoms with E-state index in [2.05, 4.69) is 19.1 Å². The van der Waals surface area contributed by atoms with Crippen LogP contribution in [0.15, 0.2) is 24.3 Å². The van der Waals surface area contributed by atoms with E-state index in [0.29, 0.717) is 0 Å². The molecule has 0 aliphatic heterocycles. The highest BCUT2D eigenvalue weighted by molar-refractivity contribution is 7.11. The van der Waals surface area contributed by atoms with Crippen LogP contribution >= 0.6 is 11.3 Å². The van der Waals surface area contributed by atoms with Gasteiger partial charge in [0.2, 0.25) is 0 Å². The van der Waals surface area contributed by atoms with Gasteiger partial charge < -0.3 is 10.5 Å². The van der Waals surface area contributed by atoms with Crippen LogP contribution in [-0.4, -0.2) is 11.6 Å². The van der Waals surface area contributed by atoms with Gasteiger partial charge in [-0.05, 0) is 49.8 Å². The topological polar surface area (TPSA) is 48.1 Å². The zero-order chi connectivity index (χ0) is 15.4. The lowest BCUT2D eigenvalue weighted by Crippen LogP contribution is -2.13. The van der Waals surface area contributed by atoms with Gasteiger partial charge in [-0.2, -0.15) is 0 Å². The predicted octanol–water partition coefficient (Wildman–Crippen LogP) is 4.05. The highest BCUT2D eigenvalue weighted by atomic mass is 32.1. The van der Waals surface area contributed by atoms with Crippen LogP contribution in [0.1, 0.15) is 53.4 Å². The lowest BCUT2D eigenvalue weighted by molar-refractivity contribution is 0.317. The number of hydrogen-bond donors (Lipinski definition) is 1. The van der Waals surface area contributed by atoms with Gasteiger partial charge in [-0.1, -0.05) is 19.1 Å². The number of nitrogens with zero attached hydrogens (tertiary/aromatic N) is 1. The monoisotopic (exact) mass is 316 g/mol. The van der Waals surface area contributed by atoms with Crippen molar-refractivity contribution in [1.29, 1.82) is 0 Å². The summed E-state index contributed by atoms with van der Waals surface area (Å²) < 4.78 is 5.61. The van der Waals surface area contributed by atoms with Crippen molar-refractivity contribution < 1.29 is 4.74 Å². The Bertz CT molecular complexity index is 583. The van der Waals surface area contributed by atoms with E-state index in [-0.39, 0.29) is 6.04 Å². The highest BCUT2D eigenvalue weighted by Crippen LogP contribution is 2.29. The molecule has 3 nitrogen and oxygen atoms in total. The number of fused-ring (bicyclic) bond motifs is 1. The lowest BCUT2D eigenvalue weighted by Gasteiger charge is -2.11. The third kappa shape index (κ3) is 3.68. The van der Waals surface area contributed by atoms with Gasteiger partial charge in [0, 0.05) is 17.3 Å². The van der Waals surface area contributed by atoms with Crippen LogP contribution in [0.3, 0.4) is 0 Å². The number of nitrogens with two attached hydrogens (primary N) is 1. The Hall–Kier alpha value is -1.39. The van der Waals surface area contributed by atoms with Gasteiger partial charge in [-0.3, -0.25) is 0 Å². The molecule has 0 spiro atoms. The molecular formula is C18H24N2OS. The molecule has 2 aromatic rings. The van der Waals surface area contributed by atoms with Crippen LogP contribution in [-0.2, 0) is 19.3 Å². The summed E-state index contributed by atoms with van der Waals surface area (Å²) in [4.78, 5) is 6.27. The largest absolute Gasteiger partial charge is 0.494 e. The van der Waals surface area contributed by atoms with Gasteiger partial charge in [0.1, 0.15) is 5.75 Å². The molecule has 0 saturated heterocycles. The average molecular weight is 316 g/mol. The molecule has 1 atom stereocenters. The van der Waals surface area contributed by atoms with Gasteiger partial charge >= 0.3 is 0 Å². The zero-order valence-corrected chi connectivity index (χ0v) is 14.0. The predicted molar refractivity (Wildman–Crippen MR) is 91.6 cm³/mol. The number of benzene rings is 1. The molecule has 2 N–H and O–H groups in total. The van der Waals surface area contributed by atoms with E-state index in [9.17, 15) is 0 Å². The molecule has 4 heteroatoms. The standard InChI is InChI=1S/C18H24N2OS/c1-2-11-21-14-9-7-13(8-10-14)15(19)12-18-20-16-5-3-4-6-17(16)22-18/h7-10,15H,2-6,11-12,19H2,1H3. The van der Waals surface area contributed by atoms with E-state index >= 15 is 0 Å². The second-order valence-corrected chi connectivity index (χ2v) is 7.08. The number of thiazole rings is 1. The molecular weight excluding hydrogens is 292 g/mol. The molecule has 1 heterocycles. The minimum atomic E-state index is 0.00725. The van der Waals surface area contributed by atoms with Gasteiger partial charge in [0.05, 0.1) is 17.3 Å². The van der Waals surface area contributed by atoms with Crippen molar-refractivity contribution >= 4 is 11.3 Å². The molecule has 1 aromatic carbocycles. The maximum absolute atomic E-state index is 6.36. The highest BCUT2D eigenvalue weighted by Gasteiger charge is 2.17. The normalized spacial score (nSPS) is 15.4. The first-order valence-electron chi connectivity index (χ1n) is 8.22. The summed E-state index contributed by atoms with van der Waals surface area (Å²) in [6, 6.07) is 8.18. The van der Waals surface area contributed by atoms with E-state index in [1.165, 1.54) is 34.8 Å². The third-order valence-electron chi connectivity index (χ3n) is 4.07. The van der Waals surface area contributed by atoms with Gasteiger partial charge in [-0.25, -0.2) is 4.98 Å². The first kappa shape index (κ1) is 15.5. The molecule has 1 aromatic heterocycles. The minimum absolute atomic E-state index is 0.00725. The lowest BCUT2D eigenvalue weighted by atomic mass is 10.0. The van der Waals surface area contributed by atoms with Gasteiger partial charge in [0.15, 0.2) is 0 Å². The zero-order valence-electron chi connectivity index (χ0n) is 13.2. The third-order valence-corrected chi connectivity index (χ3v) is 5.25. The van der Waals surface area contributed by atoms with Crippen LogP contribution < -0.4 is 10.5 Å². The molecule has 1 aliphatic carbocycles. The van der Waals surface area contributed by atoms with Crippen LogP contribution in [0.4, 0.5) is 0 Å². The molecule has 22 heavy (non-hydrogen) atoms. The summed E-state index contributed by atoms with van der Waals surface area (Å²) in [5.41, 5.74) is 8.83. The summed E-state index contributed by atoms with van der Waals surface area (Å²) in [5.74, 6) is 0.919. The Kier molecular flexibility index (Phi) is 5.11. The maximum Gasteiger partial charge on any atom is 0.119 e. The van der Waals surface area contributed by atoms with Crippen molar-refractivity contribution in [3.8, 4) is 5.75 Å². The van der Waals surface area contributed by atoms with Crippen LogP contribution in [0.5, 0.6) is 5.75 Å². The molecule has 118 valence electrons. The summed E-state index contributed by atoms with van der Waals surface area (Å²) in [7, 11) is 0. The van der Waals surface area contributed by atoms with Crippen molar-refractivity contribution in [1.82, 2.24) is 4.98 Å². The average Bonchev–Trinajstić information content (AvgIpc) is 2.95. The minimum Gasteiger partial charge on any atom is -0.494 e. The van der Waals surface area contributed by atoms with Gasteiger partial charge in [0.25, 0.3) is 0 Å². The molecule has 0 amide bonds. The first-order valence-corrected chi connectivity index (χ1v) is 9.03. The molecule has 3 rings (SSSR count). The molecule has 0 radical (unpaired) electrons. The van der Waals surface area contributed by atoms with E-state index in [4.69, 9.17) is 15.5 Å². The van der Waals surface area contributed by atoms with Crippen LogP contribution in [0, 0.1) is 0 Å².